The van der Waals surface area contributed by atoms with Gasteiger partial charge in [-0.05, 0) is 50.4 Å². The molecule has 1 saturated carbocycles. The molecule has 1 aliphatic heterocycles. The molecule has 0 radical (unpaired) electrons. The molecule has 0 amide bonds. The molecule has 1 saturated heterocycles. The number of pyridine rings is 1. The van der Waals surface area contributed by atoms with Crippen LogP contribution in [0.3, 0.4) is 0 Å². The molecule has 0 bridgehead atoms. The maximum Gasteiger partial charge on any atom is 0.0401 e. The van der Waals surface area contributed by atoms with E-state index in [0.29, 0.717) is 6.04 Å². The van der Waals surface area contributed by atoms with Crippen LogP contribution in [0.15, 0.2) is 24.5 Å². The Balaban J connectivity index is 1.60. The average molecular weight is 273 g/mol. The first-order valence-corrected chi connectivity index (χ1v) is 8.18. The molecule has 20 heavy (non-hydrogen) atoms. The highest BCUT2D eigenvalue weighted by molar-refractivity contribution is 5.17. The summed E-state index contributed by atoms with van der Waals surface area (Å²) < 4.78 is 0. The lowest BCUT2D eigenvalue weighted by Crippen LogP contribution is -2.36. The first-order valence-electron chi connectivity index (χ1n) is 8.18. The third-order valence-electron chi connectivity index (χ3n) is 5.07. The summed E-state index contributed by atoms with van der Waals surface area (Å²) in [5, 5.41) is 3.84. The van der Waals surface area contributed by atoms with Crippen molar-refractivity contribution in [2.24, 2.45) is 5.92 Å². The molecular weight excluding hydrogens is 246 g/mol. The van der Waals surface area contributed by atoms with Gasteiger partial charge >= 0.3 is 0 Å². The first-order chi connectivity index (χ1) is 9.84. The molecule has 0 spiro atoms. The summed E-state index contributed by atoms with van der Waals surface area (Å²) in [6, 6.07) is 5.60. The second-order valence-electron chi connectivity index (χ2n) is 6.50. The van der Waals surface area contributed by atoms with Gasteiger partial charge in [-0.2, -0.15) is 0 Å². The highest BCUT2D eigenvalue weighted by Crippen LogP contribution is 2.35. The highest BCUT2D eigenvalue weighted by Gasteiger charge is 2.33. The van der Waals surface area contributed by atoms with Gasteiger partial charge in [0.25, 0.3) is 0 Å². The minimum absolute atomic E-state index is 0.541. The molecule has 2 aliphatic rings. The van der Waals surface area contributed by atoms with Crippen molar-refractivity contribution in [3.05, 3.63) is 30.1 Å². The smallest absolute Gasteiger partial charge is 0.0401 e. The summed E-state index contributed by atoms with van der Waals surface area (Å²) in [5.74, 6) is 0.728. The standard InChI is InChI=1S/C17H27N3/c1-20-11-9-15(13-19-16-7-3-2-4-8-16)17(20)14-6-5-10-18-12-14/h5-6,10,12,15-17,19H,2-4,7-9,11,13H2,1H3/t15-,17-/m0/s1. The zero-order valence-electron chi connectivity index (χ0n) is 12.6. The van der Waals surface area contributed by atoms with Gasteiger partial charge in [-0.15, -0.1) is 0 Å². The first kappa shape index (κ1) is 14.0. The number of likely N-dealkylation sites (tertiary alicyclic amines) is 1. The predicted molar refractivity (Wildman–Crippen MR) is 82.6 cm³/mol. The third kappa shape index (κ3) is 3.21. The fourth-order valence-corrected chi connectivity index (χ4v) is 3.94. The maximum absolute atomic E-state index is 4.30. The Hall–Kier alpha value is -0.930. The van der Waals surface area contributed by atoms with Crippen molar-refractivity contribution in [3.8, 4) is 0 Å². The molecule has 1 N–H and O–H groups in total. The second-order valence-corrected chi connectivity index (χ2v) is 6.50. The summed E-state index contributed by atoms with van der Waals surface area (Å²) in [4.78, 5) is 6.79. The average Bonchev–Trinajstić information content (AvgIpc) is 2.88. The Kier molecular flexibility index (Phi) is 4.69. The fourth-order valence-electron chi connectivity index (χ4n) is 3.94. The zero-order valence-corrected chi connectivity index (χ0v) is 12.6. The molecule has 1 aromatic rings. The van der Waals surface area contributed by atoms with Crippen LogP contribution >= 0.6 is 0 Å². The molecular formula is C17H27N3. The predicted octanol–water partition coefficient (Wildman–Crippen LogP) is 3.00. The van der Waals surface area contributed by atoms with E-state index in [0.717, 1.165) is 18.5 Å². The van der Waals surface area contributed by atoms with E-state index < -0.39 is 0 Å². The Morgan fingerprint density at radius 3 is 2.85 bits per heavy atom. The van der Waals surface area contributed by atoms with Crippen molar-refractivity contribution in [1.29, 1.82) is 0 Å². The van der Waals surface area contributed by atoms with Crippen molar-refractivity contribution < 1.29 is 0 Å². The topological polar surface area (TPSA) is 28.2 Å². The van der Waals surface area contributed by atoms with Crippen molar-refractivity contribution >= 4 is 0 Å². The van der Waals surface area contributed by atoms with E-state index in [9.17, 15) is 0 Å². The molecule has 1 aromatic heterocycles. The quantitative estimate of drug-likeness (QED) is 0.914. The van der Waals surface area contributed by atoms with Crippen LogP contribution in [0.5, 0.6) is 0 Å². The monoisotopic (exact) mass is 273 g/mol. The molecule has 3 nitrogen and oxygen atoms in total. The number of rotatable bonds is 4. The molecule has 2 fully saturated rings. The third-order valence-corrected chi connectivity index (χ3v) is 5.07. The zero-order chi connectivity index (χ0) is 13.8. The van der Waals surface area contributed by atoms with E-state index in [-0.39, 0.29) is 0 Å². The van der Waals surface area contributed by atoms with Crippen molar-refractivity contribution in [2.75, 3.05) is 20.1 Å². The summed E-state index contributed by atoms with van der Waals surface area (Å²) in [6.07, 6.45) is 12.2. The molecule has 1 aliphatic carbocycles. The van der Waals surface area contributed by atoms with Gasteiger partial charge in [0, 0.05) is 31.0 Å². The maximum atomic E-state index is 4.30. The Labute approximate surface area is 122 Å². The van der Waals surface area contributed by atoms with Crippen LogP contribution in [0.1, 0.15) is 50.1 Å². The molecule has 0 unspecified atom stereocenters. The number of hydrogen-bond donors (Lipinski definition) is 1. The van der Waals surface area contributed by atoms with E-state index in [1.807, 2.05) is 12.4 Å². The minimum atomic E-state index is 0.541. The number of nitrogens with zero attached hydrogens (tertiary/aromatic N) is 2. The van der Waals surface area contributed by atoms with Gasteiger partial charge in [0.1, 0.15) is 0 Å². The number of nitrogens with one attached hydrogen (secondary N) is 1. The number of hydrogen-bond acceptors (Lipinski definition) is 3. The Morgan fingerprint density at radius 2 is 2.10 bits per heavy atom. The van der Waals surface area contributed by atoms with Gasteiger partial charge in [-0.3, -0.25) is 9.88 Å². The lowest BCUT2D eigenvalue weighted by Gasteiger charge is -2.28. The van der Waals surface area contributed by atoms with E-state index in [2.05, 4.69) is 34.4 Å². The minimum Gasteiger partial charge on any atom is -0.314 e. The molecule has 2 heterocycles. The van der Waals surface area contributed by atoms with Crippen LogP contribution < -0.4 is 5.32 Å². The van der Waals surface area contributed by atoms with Crippen LogP contribution in [0.2, 0.25) is 0 Å². The van der Waals surface area contributed by atoms with Crippen molar-refractivity contribution in [3.63, 3.8) is 0 Å². The van der Waals surface area contributed by atoms with Gasteiger partial charge in [0.15, 0.2) is 0 Å². The van der Waals surface area contributed by atoms with Crippen molar-refractivity contribution in [1.82, 2.24) is 15.2 Å². The van der Waals surface area contributed by atoms with Gasteiger partial charge in [-0.25, -0.2) is 0 Å². The van der Waals surface area contributed by atoms with Crippen LogP contribution in [0, 0.1) is 5.92 Å². The largest absolute Gasteiger partial charge is 0.314 e. The van der Waals surface area contributed by atoms with E-state index in [4.69, 9.17) is 0 Å². The van der Waals surface area contributed by atoms with E-state index in [1.54, 1.807) is 0 Å². The molecule has 3 heteroatoms. The molecule has 110 valence electrons. The van der Waals surface area contributed by atoms with Crippen molar-refractivity contribution in [2.45, 2.75) is 50.6 Å². The Morgan fingerprint density at radius 1 is 1.25 bits per heavy atom. The molecule has 0 aromatic carbocycles. The summed E-state index contributed by atoms with van der Waals surface area (Å²) >= 11 is 0. The highest BCUT2D eigenvalue weighted by atomic mass is 15.2. The fraction of sp³-hybridized carbons (Fsp3) is 0.706. The van der Waals surface area contributed by atoms with E-state index >= 15 is 0 Å². The van der Waals surface area contributed by atoms with Gasteiger partial charge in [0.2, 0.25) is 0 Å². The number of aromatic nitrogens is 1. The van der Waals surface area contributed by atoms with Crippen LogP contribution in [-0.2, 0) is 0 Å². The molecule has 3 rings (SSSR count). The lowest BCUT2D eigenvalue weighted by molar-refractivity contribution is 0.260. The SMILES string of the molecule is CN1CC[C@@H](CNC2CCCCC2)[C@@H]1c1cccnc1. The normalized spacial score (nSPS) is 28.9. The lowest BCUT2D eigenvalue weighted by atomic mass is 9.92. The van der Waals surface area contributed by atoms with Gasteiger partial charge < -0.3 is 5.32 Å². The second kappa shape index (κ2) is 6.68. The summed E-state index contributed by atoms with van der Waals surface area (Å²) in [5.41, 5.74) is 1.38. The summed E-state index contributed by atoms with van der Waals surface area (Å²) in [6.45, 7) is 2.37. The van der Waals surface area contributed by atoms with Gasteiger partial charge in [-0.1, -0.05) is 25.3 Å². The van der Waals surface area contributed by atoms with Crippen LogP contribution in [-0.4, -0.2) is 36.1 Å². The van der Waals surface area contributed by atoms with Crippen LogP contribution in [0.4, 0.5) is 0 Å². The van der Waals surface area contributed by atoms with Crippen LogP contribution in [0.25, 0.3) is 0 Å². The van der Waals surface area contributed by atoms with E-state index in [1.165, 1.54) is 50.6 Å². The Bertz CT molecular complexity index is 400. The summed E-state index contributed by atoms with van der Waals surface area (Å²) in [7, 11) is 2.25. The van der Waals surface area contributed by atoms with Gasteiger partial charge in [0.05, 0.1) is 0 Å². The molecule has 2 atom stereocenters.